The van der Waals surface area contributed by atoms with Crippen molar-refractivity contribution in [2.45, 2.75) is 38.4 Å². The molecule has 1 aromatic rings. The van der Waals surface area contributed by atoms with Crippen LogP contribution in [0.3, 0.4) is 0 Å². The fourth-order valence-electron chi connectivity index (χ4n) is 1.82. The highest BCUT2D eigenvalue weighted by molar-refractivity contribution is 7.91. The summed E-state index contributed by atoms with van der Waals surface area (Å²) in [6.45, 7) is 9.61. The van der Waals surface area contributed by atoms with Gasteiger partial charge in [0.15, 0.2) is 0 Å². The molecule has 1 aromatic heterocycles. The van der Waals surface area contributed by atoms with Crippen LogP contribution in [0.15, 0.2) is 16.3 Å². The molecule has 1 rings (SSSR count). The van der Waals surface area contributed by atoms with Gasteiger partial charge in [0.2, 0.25) is 0 Å². The van der Waals surface area contributed by atoms with E-state index in [1.54, 1.807) is 16.4 Å². The molecule has 0 aromatic carbocycles. The summed E-state index contributed by atoms with van der Waals surface area (Å²) in [4.78, 5) is 0.896. The van der Waals surface area contributed by atoms with Crippen molar-refractivity contribution in [2.24, 2.45) is 17.6 Å². The van der Waals surface area contributed by atoms with Gasteiger partial charge >= 0.3 is 0 Å². The van der Waals surface area contributed by atoms with Crippen LogP contribution in [0.5, 0.6) is 0 Å². The van der Waals surface area contributed by atoms with Crippen LogP contribution in [0.25, 0.3) is 0 Å². The lowest BCUT2D eigenvalue weighted by Crippen LogP contribution is -2.36. The Hall–Kier alpha value is -0.430. The summed E-state index contributed by atoms with van der Waals surface area (Å²) in [5.74, 6) is 0.616. The quantitative estimate of drug-likeness (QED) is 0.842. The Labute approximate surface area is 120 Å². The standard InChI is InChI=1S/C13H24N2O2S2/c1-10(2)8-15(9-11(3)4)19(16,17)13-6-5-12(7-14)18-13/h5-6,10-11H,7-9,14H2,1-4H3. The van der Waals surface area contributed by atoms with Crippen LogP contribution in [-0.4, -0.2) is 25.8 Å². The van der Waals surface area contributed by atoms with Gasteiger partial charge in [0.25, 0.3) is 10.0 Å². The van der Waals surface area contributed by atoms with E-state index in [1.807, 2.05) is 27.7 Å². The molecule has 0 bridgehead atoms. The molecule has 0 radical (unpaired) electrons. The van der Waals surface area contributed by atoms with Gasteiger partial charge < -0.3 is 5.73 Å². The van der Waals surface area contributed by atoms with Gasteiger partial charge in [-0.3, -0.25) is 0 Å². The van der Waals surface area contributed by atoms with Crippen molar-refractivity contribution in [2.75, 3.05) is 13.1 Å². The number of rotatable bonds is 7. The summed E-state index contributed by atoms with van der Waals surface area (Å²) in [6, 6.07) is 3.45. The van der Waals surface area contributed by atoms with E-state index in [2.05, 4.69) is 0 Å². The second-order valence-corrected chi connectivity index (χ2v) is 8.87. The number of nitrogens with zero attached hydrogens (tertiary/aromatic N) is 1. The lowest BCUT2D eigenvalue weighted by Gasteiger charge is -2.24. The zero-order valence-electron chi connectivity index (χ0n) is 12.1. The largest absolute Gasteiger partial charge is 0.326 e. The average Bonchev–Trinajstić information content (AvgIpc) is 2.75. The monoisotopic (exact) mass is 304 g/mol. The first-order valence-electron chi connectivity index (χ1n) is 6.56. The van der Waals surface area contributed by atoms with Gasteiger partial charge in [-0.15, -0.1) is 11.3 Å². The zero-order valence-corrected chi connectivity index (χ0v) is 13.7. The summed E-state index contributed by atoms with van der Waals surface area (Å²) in [5, 5.41) is 0. The summed E-state index contributed by atoms with van der Waals surface area (Å²) in [7, 11) is -3.38. The first-order chi connectivity index (χ1) is 8.77. The molecule has 0 fully saturated rings. The predicted octanol–water partition coefficient (Wildman–Crippen LogP) is 2.51. The van der Waals surface area contributed by atoms with Crippen LogP contribution in [-0.2, 0) is 16.6 Å². The molecular formula is C13H24N2O2S2. The fraction of sp³-hybridized carbons (Fsp3) is 0.692. The molecule has 0 unspecified atom stereocenters. The Morgan fingerprint density at radius 2 is 1.68 bits per heavy atom. The number of hydrogen-bond acceptors (Lipinski definition) is 4. The summed E-state index contributed by atoms with van der Waals surface area (Å²) in [6.07, 6.45) is 0. The van der Waals surface area contributed by atoms with Gasteiger partial charge in [-0.2, -0.15) is 4.31 Å². The lowest BCUT2D eigenvalue weighted by atomic mass is 10.2. The van der Waals surface area contributed by atoms with Crippen molar-refractivity contribution in [3.05, 3.63) is 17.0 Å². The smallest absolute Gasteiger partial charge is 0.252 e. The highest BCUT2D eigenvalue weighted by atomic mass is 32.2. The number of sulfonamides is 1. The molecule has 0 spiro atoms. The van der Waals surface area contributed by atoms with Crippen LogP contribution in [0.2, 0.25) is 0 Å². The maximum atomic E-state index is 12.6. The molecule has 0 aliphatic carbocycles. The molecule has 0 saturated heterocycles. The third-order valence-corrected chi connectivity index (χ3v) is 5.98. The van der Waals surface area contributed by atoms with E-state index in [0.29, 0.717) is 35.7 Å². The third-order valence-electron chi connectivity index (χ3n) is 2.57. The van der Waals surface area contributed by atoms with E-state index in [9.17, 15) is 8.42 Å². The summed E-state index contributed by atoms with van der Waals surface area (Å²) in [5.41, 5.74) is 5.55. The molecule has 1 heterocycles. The number of hydrogen-bond donors (Lipinski definition) is 1. The minimum Gasteiger partial charge on any atom is -0.326 e. The molecule has 0 saturated carbocycles. The van der Waals surface area contributed by atoms with Gasteiger partial charge in [-0.1, -0.05) is 27.7 Å². The molecule has 0 amide bonds. The molecule has 0 aliphatic heterocycles. The van der Waals surface area contributed by atoms with E-state index < -0.39 is 10.0 Å². The highest BCUT2D eigenvalue weighted by Crippen LogP contribution is 2.26. The van der Waals surface area contributed by atoms with Gasteiger partial charge in [0.05, 0.1) is 0 Å². The van der Waals surface area contributed by atoms with Gasteiger partial charge in [0, 0.05) is 24.5 Å². The first-order valence-corrected chi connectivity index (χ1v) is 8.82. The first kappa shape index (κ1) is 16.6. The maximum Gasteiger partial charge on any atom is 0.252 e. The van der Waals surface area contributed by atoms with Crippen LogP contribution in [0, 0.1) is 11.8 Å². The Morgan fingerprint density at radius 3 is 2.05 bits per heavy atom. The fourth-order valence-corrected chi connectivity index (χ4v) is 4.97. The lowest BCUT2D eigenvalue weighted by molar-refractivity contribution is 0.334. The molecule has 19 heavy (non-hydrogen) atoms. The van der Waals surface area contributed by atoms with Crippen LogP contribution >= 0.6 is 11.3 Å². The Bertz CT molecular complexity index is 482. The minimum atomic E-state index is -3.38. The average molecular weight is 304 g/mol. The van der Waals surface area contributed by atoms with E-state index in [0.717, 1.165) is 4.88 Å². The topological polar surface area (TPSA) is 63.4 Å². The second-order valence-electron chi connectivity index (χ2n) is 5.53. The van der Waals surface area contributed by atoms with Crippen molar-refractivity contribution in [1.29, 1.82) is 0 Å². The van der Waals surface area contributed by atoms with Crippen molar-refractivity contribution < 1.29 is 8.42 Å². The Kier molecular flexibility index (Phi) is 5.98. The maximum absolute atomic E-state index is 12.6. The SMILES string of the molecule is CC(C)CN(CC(C)C)S(=O)(=O)c1ccc(CN)s1. The molecule has 0 atom stereocenters. The second kappa shape index (κ2) is 6.83. The third kappa shape index (κ3) is 4.56. The van der Waals surface area contributed by atoms with Crippen LogP contribution in [0.4, 0.5) is 0 Å². The normalized spacial score (nSPS) is 12.8. The van der Waals surface area contributed by atoms with Crippen molar-refractivity contribution in [1.82, 2.24) is 4.31 Å². The number of thiophene rings is 1. The highest BCUT2D eigenvalue weighted by Gasteiger charge is 2.27. The predicted molar refractivity (Wildman–Crippen MR) is 80.6 cm³/mol. The van der Waals surface area contributed by atoms with Gasteiger partial charge in [-0.05, 0) is 24.0 Å². The van der Waals surface area contributed by atoms with Crippen molar-refractivity contribution in [3.8, 4) is 0 Å². The molecule has 4 nitrogen and oxygen atoms in total. The molecule has 2 N–H and O–H groups in total. The summed E-state index contributed by atoms with van der Waals surface area (Å²) < 4.78 is 27.2. The van der Waals surface area contributed by atoms with E-state index in [1.165, 1.54) is 11.3 Å². The van der Waals surface area contributed by atoms with Crippen LogP contribution < -0.4 is 5.73 Å². The molecule has 6 heteroatoms. The number of nitrogens with two attached hydrogens (primary N) is 1. The van der Waals surface area contributed by atoms with Crippen molar-refractivity contribution >= 4 is 21.4 Å². The van der Waals surface area contributed by atoms with Gasteiger partial charge in [0.1, 0.15) is 4.21 Å². The Morgan fingerprint density at radius 1 is 1.16 bits per heavy atom. The molecule has 0 aliphatic rings. The summed E-state index contributed by atoms with van der Waals surface area (Å²) >= 11 is 1.27. The van der Waals surface area contributed by atoms with E-state index in [4.69, 9.17) is 5.73 Å². The van der Waals surface area contributed by atoms with E-state index in [-0.39, 0.29) is 0 Å². The zero-order chi connectivity index (χ0) is 14.6. The molecule has 110 valence electrons. The Balaban J connectivity index is 3.03. The van der Waals surface area contributed by atoms with E-state index >= 15 is 0 Å². The van der Waals surface area contributed by atoms with Gasteiger partial charge in [-0.25, -0.2) is 8.42 Å². The van der Waals surface area contributed by atoms with Crippen molar-refractivity contribution in [3.63, 3.8) is 0 Å². The van der Waals surface area contributed by atoms with Crippen LogP contribution in [0.1, 0.15) is 32.6 Å². The molecular weight excluding hydrogens is 280 g/mol. The minimum absolute atomic E-state index is 0.308.